The van der Waals surface area contributed by atoms with Crippen LogP contribution >= 0.6 is 11.3 Å². The highest BCUT2D eigenvalue weighted by Gasteiger charge is 2.33. The van der Waals surface area contributed by atoms with E-state index in [0.29, 0.717) is 19.4 Å². The number of hydrogen-bond acceptors (Lipinski definition) is 4. The van der Waals surface area contributed by atoms with Gasteiger partial charge in [-0.3, -0.25) is 4.79 Å². The van der Waals surface area contributed by atoms with E-state index in [1.807, 2.05) is 26.3 Å². The van der Waals surface area contributed by atoms with Crippen molar-refractivity contribution >= 4 is 17.3 Å². The predicted octanol–water partition coefficient (Wildman–Crippen LogP) is 2.23. The predicted molar refractivity (Wildman–Crippen MR) is 69.5 cm³/mol. The van der Waals surface area contributed by atoms with Gasteiger partial charge in [0, 0.05) is 11.4 Å². The Morgan fingerprint density at radius 2 is 2.18 bits per heavy atom. The molecule has 1 rings (SSSR count). The Morgan fingerprint density at radius 1 is 1.53 bits per heavy atom. The van der Waals surface area contributed by atoms with E-state index >= 15 is 0 Å². The number of rotatable bonds is 7. The second-order valence-electron chi connectivity index (χ2n) is 4.13. The van der Waals surface area contributed by atoms with Gasteiger partial charge in [-0.15, -0.1) is 11.3 Å². The smallest absolute Gasteiger partial charge is 0.323 e. The summed E-state index contributed by atoms with van der Waals surface area (Å²) in [5.41, 5.74) is 2.10. The summed E-state index contributed by atoms with van der Waals surface area (Å²) >= 11 is 1.63. The number of nitrogens with zero attached hydrogens (tertiary/aromatic N) is 1. The van der Waals surface area contributed by atoms with E-state index in [-0.39, 0.29) is 0 Å². The zero-order chi connectivity index (χ0) is 12.9. The van der Waals surface area contributed by atoms with E-state index in [1.165, 1.54) is 4.88 Å². The molecule has 1 aromatic heterocycles. The molecule has 0 saturated heterocycles. The Kier molecular flexibility index (Phi) is 5.08. The molecule has 0 aromatic carbocycles. The van der Waals surface area contributed by atoms with Crippen molar-refractivity contribution in [2.24, 2.45) is 0 Å². The molecule has 0 aliphatic rings. The number of aromatic nitrogens is 1. The van der Waals surface area contributed by atoms with Crippen LogP contribution in [0.15, 0.2) is 5.51 Å². The molecule has 5 heteroatoms. The Bertz CT molecular complexity index is 372. The molecule has 0 unspecified atom stereocenters. The van der Waals surface area contributed by atoms with Gasteiger partial charge in [0.15, 0.2) is 0 Å². The number of carboxylic acid groups (broad SMARTS) is 1. The van der Waals surface area contributed by atoms with Crippen LogP contribution in [-0.4, -0.2) is 28.1 Å². The summed E-state index contributed by atoms with van der Waals surface area (Å²) in [7, 11) is 0. The van der Waals surface area contributed by atoms with Crippen molar-refractivity contribution in [2.75, 3.05) is 6.54 Å². The van der Waals surface area contributed by atoms with E-state index < -0.39 is 11.5 Å². The average Bonchev–Trinajstić information content (AvgIpc) is 2.70. The highest BCUT2D eigenvalue weighted by atomic mass is 32.1. The molecule has 0 radical (unpaired) electrons. The summed E-state index contributed by atoms with van der Waals surface area (Å²) in [4.78, 5) is 16.7. The van der Waals surface area contributed by atoms with E-state index in [2.05, 4.69) is 10.3 Å². The molecular formula is C12H20N2O2S. The zero-order valence-corrected chi connectivity index (χ0v) is 11.4. The minimum absolute atomic E-state index is 0.598. The van der Waals surface area contributed by atoms with Crippen molar-refractivity contribution < 1.29 is 9.90 Å². The fourth-order valence-corrected chi connectivity index (χ4v) is 2.64. The van der Waals surface area contributed by atoms with Gasteiger partial charge < -0.3 is 10.4 Å². The quantitative estimate of drug-likeness (QED) is 0.785. The molecular weight excluding hydrogens is 236 g/mol. The summed E-state index contributed by atoms with van der Waals surface area (Å²) in [5, 5.41) is 12.4. The van der Waals surface area contributed by atoms with E-state index in [0.717, 1.165) is 12.1 Å². The topological polar surface area (TPSA) is 62.2 Å². The molecule has 0 bridgehead atoms. The SMILES string of the molecule is CCC(CC)(NCCc1scnc1C)C(=O)O. The highest BCUT2D eigenvalue weighted by Crippen LogP contribution is 2.17. The largest absolute Gasteiger partial charge is 0.480 e. The maximum Gasteiger partial charge on any atom is 0.323 e. The normalized spacial score (nSPS) is 11.7. The fraction of sp³-hybridized carbons (Fsp3) is 0.667. The van der Waals surface area contributed by atoms with Crippen LogP contribution in [0, 0.1) is 6.92 Å². The van der Waals surface area contributed by atoms with Gasteiger partial charge in [0.1, 0.15) is 5.54 Å². The lowest BCUT2D eigenvalue weighted by Crippen LogP contribution is -2.51. The summed E-state index contributed by atoms with van der Waals surface area (Å²) in [6, 6.07) is 0. The van der Waals surface area contributed by atoms with Crippen LogP contribution in [0.25, 0.3) is 0 Å². The van der Waals surface area contributed by atoms with Crippen molar-refractivity contribution in [3.8, 4) is 0 Å². The van der Waals surface area contributed by atoms with Crippen molar-refractivity contribution in [3.05, 3.63) is 16.1 Å². The van der Waals surface area contributed by atoms with E-state index in [1.54, 1.807) is 11.3 Å². The van der Waals surface area contributed by atoms with Crippen LogP contribution in [-0.2, 0) is 11.2 Å². The number of nitrogens with one attached hydrogen (secondary N) is 1. The maximum absolute atomic E-state index is 11.3. The van der Waals surface area contributed by atoms with Crippen LogP contribution in [0.3, 0.4) is 0 Å². The van der Waals surface area contributed by atoms with Gasteiger partial charge in [0.05, 0.1) is 11.2 Å². The molecule has 0 aliphatic carbocycles. The lowest BCUT2D eigenvalue weighted by Gasteiger charge is -2.28. The number of hydrogen-bond donors (Lipinski definition) is 2. The Morgan fingerprint density at radius 3 is 2.59 bits per heavy atom. The van der Waals surface area contributed by atoms with Crippen molar-refractivity contribution in [1.29, 1.82) is 0 Å². The van der Waals surface area contributed by atoms with Crippen molar-refractivity contribution in [3.63, 3.8) is 0 Å². The van der Waals surface area contributed by atoms with Crippen LogP contribution in [0.5, 0.6) is 0 Å². The second kappa shape index (κ2) is 6.12. The van der Waals surface area contributed by atoms with Gasteiger partial charge >= 0.3 is 5.97 Å². The first-order valence-electron chi connectivity index (χ1n) is 5.93. The molecule has 1 heterocycles. The standard InChI is InChI=1S/C12H20N2O2S/c1-4-12(5-2,11(15)16)14-7-6-10-9(3)13-8-17-10/h8,14H,4-7H2,1-3H3,(H,15,16). The van der Waals surface area contributed by atoms with E-state index in [9.17, 15) is 9.90 Å². The fourth-order valence-electron chi connectivity index (χ4n) is 1.86. The van der Waals surface area contributed by atoms with Crippen molar-refractivity contribution in [1.82, 2.24) is 10.3 Å². The average molecular weight is 256 g/mol. The summed E-state index contributed by atoms with van der Waals surface area (Å²) in [6.07, 6.45) is 2.03. The molecule has 0 atom stereocenters. The summed E-state index contributed by atoms with van der Waals surface area (Å²) in [5.74, 6) is -0.761. The van der Waals surface area contributed by atoms with Gasteiger partial charge in [0.2, 0.25) is 0 Å². The molecule has 0 spiro atoms. The van der Waals surface area contributed by atoms with Crippen LogP contribution < -0.4 is 5.32 Å². The first-order chi connectivity index (χ1) is 8.05. The van der Waals surface area contributed by atoms with Gasteiger partial charge in [-0.25, -0.2) is 4.98 Å². The molecule has 0 aliphatic heterocycles. The zero-order valence-electron chi connectivity index (χ0n) is 10.6. The van der Waals surface area contributed by atoms with Crippen molar-refractivity contribution in [2.45, 2.75) is 45.6 Å². The summed E-state index contributed by atoms with van der Waals surface area (Å²) in [6.45, 7) is 6.47. The van der Waals surface area contributed by atoms with Gasteiger partial charge in [0.25, 0.3) is 0 Å². The van der Waals surface area contributed by atoms with Crippen LogP contribution in [0.4, 0.5) is 0 Å². The maximum atomic E-state index is 11.3. The molecule has 0 fully saturated rings. The Labute approximate surface area is 106 Å². The van der Waals surface area contributed by atoms with Gasteiger partial charge in [-0.1, -0.05) is 13.8 Å². The molecule has 17 heavy (non-hydrogen) atoms. The number of thiazole rings is 1. The number of carboxylic acids is 1. The van der Waals surface area contributed by atoms with E-state index in [4.69, 9.17) is 0 Å². The molecule has 1 aromatic rings. The molecule has 0 saturated carbocycles. The number of aliphatic carboxylic acids is 1. The highest BCUT2D eigenvalue weighted by molar-refractivity contribution is 7.09. The Balaban J connectivity index is 2.54. The summed E-state index contributed by atoms with van der Waals surface area (Å²) < 4.78 is 0. The van der Waals surface area contributed by atoms with Crippen LogP contribution in [0.2, 0.25) is 0 Å². The Hall–Kier alpha value is -0.940. The first kappa shape index (κ1) is 14.1. The second-order valence-corrected chi connectivity index (χ2v) is 5.07. The lowest BCUT2D eigenvalue weighted by molar-refractivity contribution is -0.145. The molecule has 2 N–H and O–H groups in total. The lowest BCUT2D eigenvalue weighted by atomic mass is 9.93. The number of aryl methyl sites for hydroxylation is 1. The van der Waals surface area contributed by atoms with Crippen LogP contribution in [0.1, 0.15) is 37.3 Å². The monoisotopic (exact) mass is 256 g/mol. The molecule has 96 valence electrons. The number of carbonyl (C=O) groups is 1. The minimum Gasteiger partial charge on any atom is -0.480 e. The minimum atomic E-state index is -0.779. The first-order valence-corrected chi connectivity index (χ1v) is 6.81. The van der Waals surface area contributed by atoms with Gasteiger partial charge in [-0.05, 0) is 26.2 Å². The third-order valence-electron chi connectivity index (χ3n) is 3.28. The van der Waals surface area contributed by atoms with Gasteiger partial charge in [-0.2, -0.15) is 0 Å². The molecule has 4 nitrogen and oxygen atoms in total. The third kappa shape index (κ3) is 3.26. The third-order valence-corrected chi connectivity index (χ3v) is 4.27. The molecule has 0 amide bonds.